The van der Waals surface area contributed by atoms with Gasteiger partial charge < -0.3 is 15.4 Å². The number of fused-ring (bicyclic) bond motifs is 1. The van der Waals surface area contributed by atoms with Gasteiger partial charge in [-0.2, -0.15) is 0 Å². The topological polar surface area (TPSA) is 115 Å². The number of halogens is 1. The maximum Gasteiger partial charge on any atom is 0.285 e. The fourth-order valence-corrected chi connectivity index (χ4v) is 4.35. The minimum atomic E-state index is -0.435. The molecule has 2 N–H and O–H groups in total. The van der Waals surface area contributed by atoms with Gasteiger partial charge in [-0.3, -0.25) is 15.1 Å². The lowest BCUT2D eigenvalue weighted by Crippen LogP contribution is -2.34. The SMILES string of the molecule is C[C@]1(C#Cc2cc3ncnc(Nc4ccc(OCc5ccccn5)c(Cl)c4)c3cc2[N+](=O)[O-])CCCN1. The maximum atomic E-state index is 11.9. The van der Waals surface area contributed by atoms with E-state index < -0.39 is 4.92 Å². The Morgan fingerprint density at radius 1 is 1.22 bits per heavy atom. The van der Waals surface area contributed by atoms with E-state index in [0.717, 1.165) is 25.1 Å². The van der Waals surface area contributed by atoms with Crippen LogP contribution in [0.5, 0.6) is 5.75 Å². The number of hydrogen-bond donors (Lipinski definition) is 2. The van der Waals surface area contributed by atoms with Crippen molar-refractivity contribution in [2.45, 2.75) is 31.9 Å². The summed E-state index contributed by atoms with van der Waals surface area (Å²) in [7, 11) is 0. The average molecular weight is 515 g/mol. The van der Waals surface area contributed by atoms with E-state index in [2.05, 4.69) is 37.4 Å². The van der Waals surface area contributed by atoms with Crippen molar-refractivity contribution in [1.29, 1.82) is 0 Å². The molecule has 1 fully saturated rings. The number of ether oxygens (including phenoxy) is 1. The van der Waals surface area contributed by atoms with Gasteiger partial charge in [0.05, 0.1) is 26.7 Å². The van der Waals surface area contributed by atoms with Gasteiger partial charge in [-0.15, -0.1) is 0 Å². The summed E-state index contributed by atoms with van der Waals surface area (Å²) in [6, 6.07) is 13.9. The van der Waals surface area contributed by atoms with Crippen molar-refractivity contribution in [3.05, 3.63) is 87.4 Å². The second kappa shape index (κ2) is 10.4. The fourth-order valence-electron chi connectivity index (χ4n) is 4.12. The van der Waals surface area contributed by atoms with Gasteiger partial charge in [-0.05, 0) is 62.7 Å². The van der Waals surface area contributed by atoms with E-state index in [1.165, 1.54) is 12.4 Å². The van der Waals surface area contributed by atoms with Crippen molar-refractivity contribution in [3.63, 3.8) is 0 Å². The van der Waals surface area contributed by atoms with E-state index in [1.54, 1.807) is 30.5 Å². The molecule has 10 heteroatoms. The number of pyridine rings is 1. The number of nitro benzene ring substituents is 1. The molecule has 0 aliphatic carbocycles. The van der Waals surface area contributed by atoms with Gasteiger partial charge >= 0.3 is 0 Å². The third-order valence-electron chi connectivity index (χ3n) is 6.09. The van der Waals surface area contributed by atoms with Gasteiger partial charge in [0, 0.05) is 23.3 Å². The molecule has 0 amide bonds. The Balaban J connectivity index is 1.41. The van der Waals surface area contributed by atoms with Crippen molar-refractivity contribution in [2.75, 3.05) is 11.9 Å². The van der Waals surface area contributed by atoms with Crippen molar-refractivity contribution < 1.29 is 9.66 Å². The third-order valence-corrected chi connectivity index (χ3v) is 6.38. The average Bonchev–Trinajstić information content (AvgIpc) is 3.34. The zero-order valence-corrected chi connectivity index (χ0v) is 20.7. The summed E-state index contributed by atoms with van der Waals surface area (Å²) in [6.07, 6.45) is 5.02. The number of nitro groups is 1. The highest BCUT2D eigenvalue weighted by molar-refractivity contribution is 6.32. The number of hydrogen-bond acceptors (Lipinski definition) is 8. The van der Waals surface area contributed by atoms with Crippen LogP contribution in [0.4, 0.5) is 17.2 Å². The van der Waals surface area contributed by atoms with Gasteiger partial charge in [0.2, 0.25) is 0 Å². The first-order valence-corrected chi connectivity index (χ1v) is 12.1. The zero-order valence-electron chi connectivity index (χ0n) is 20.0. The molecule has 0 radical (unpaired) electrons. The predicted molar refractivity (Wildman–Crippen MR) is 142 cm³/mol. The Bertz CT molecular complexity index is 1530. The van der Waals surface area contributed by atoms with Crippen molar-refractivity contribution in [2.24, 2.45) is 0 Å². The molecule has 0 saturated carbocycles. The molecule has 2 aromatic carbocycles. The number of anilines is 2. The molecule has 1 aliphatic heterocycles. The number of nitrogens with zero attached hydrogens (tertiary/aromatic N) is 4. The Morgan fingerprint density at radius 3 is 2.84 bits per heavy atom. The van der Waals surface area contributed by atoms with Crippen LogP contribution in [0.25, 0.3) is 10.9 Å². The van der Waals surface area contributed by atoms with Crippen LogP contribution < -0.4 is 15.4 Å². The van der Waals surface area contributed by atoms with Crippen LogP contribution >= 0.6 is 11.6 Å². The van der Waals surface area contributed by atoms with Crippen LogP contribution in [0.1, 0.15) is 31.0 Å². The number of benzene rings is 2. The van der Waals surface area contributed by atoms with Gasteiger partial charge in [0.1, 0.15) is 30.1 Å². The lowest BCUT2D eigenvalue weighted by atomic mass is 10.00. The summed E-state index contributed by atoms with van der Waals surface area (Å²) in [5.41, 5.74) is 1.83. The van der Waals surface area contributed by atoms with E-state index >= 15 is 0 Å². The smallest absolute Gasteiger partial charge is 0.285 e. The van der Waals surface area contributed by atoms with Gasteiger partial charge in [0.15, 0.2) is 0 Å². The van der Waals surface area contributed by atoms with Crippen LogP contribution in [0.2, 0.25) is 5.02 Å². The van der Waals surface area contributed by atoms with E-state index in [0.29, 0.717) is 38.7 Å². The largest absolute Gasteiger partial charge is 0.486 e. The summed E-state index contributed by atoms with van der Waals surface area (Å²) in [4.78, 5) is 24.3. The summed E-state index contributed by atoms with van der Waals surface area (Å²) in [5.74, 6) is 7.09. The summed E-state index contributed by atoms with van der Waals surface area (Å²) in [6.45, 7) is 3.17. The highest BCUT2D eigenvalue weighted by Gasteiger charge is 2.26. The van der Waals surface area contributed by atoms with Crippen LogP contribution in [0.15, 0.2) is 61.1 Å². The molecule has 5 rings (SSSR count). The molecular formula is C27H23ClN6O3. The molecule has 4 aromatic rings. The first-order valence-electron chi connectivity index (χ1n) is 11.7. The second-order valence-corrected chi connectivity index (χ2v) is 9.27. The summed E-state index contributed by atoms with van der Waals surface area (Å²) >= 11 is 6.44. The maximum absolute atomic E-state index is 11.9. The van der Waals surface area contributed by atoms with Crippen molar-refractivity contribution in [3.8, 4) is 17.6 Å². The summed E-state index contributed by atoms with van der Waals surface area (Å²) < 4.78 is 5.78. The Kier molecular flexibility index (Phi) is 6.86. The Labute approximate surface area is 218 Å². The zero-order chi connectivity index (χ0) is 25.8. The molecule has 1 saturated heterocycles. The van der Waals surface area contributed by atoms with Crippen LogP contribution in [-0.2, 0) is 6.61 Å². The van der Waals surface area contributed by atoms with E-state index in [9.17, 15) is 10.1 Å². The number of aromatic nitrogens is 3. The van der Waals surface area contributed by atoms with Crippen LogP contribution in [0.3, 0.4) is 0 Å². The summed E-state index contributed by atoms with van der Waals surface area (Å²) in [5, 5.41) is 19.3. The number of nitrogens with one attached hydrogen (secondary N) is 2. The molecule has 0 unspecified atom stereocenters. The van der Waals surface area contributed by atoms with Crippen molar-refractivity contribution in [1.82, 2.24) is 20.3 Å². The minimum absolute atomic E-state index is 0.101. The standard InChI is InChI=1S/C27H23ClN6O3/c1-27(9-4-12-32-27)10-8-18-13-23-21(15-24(18)34(35)36)26(31-17-30-23)33-19-6-7-25(22(28)14-19)37-16-20-5-2-3-11-29-20/h2-3,5-7,11,13-15,17,32H,4,9,12,16H2,1H3,(H,30,31,33)/t27-/m1/s1. The predicted octanol–water partition coefficient (Wildman–Crippen LogP) is 5.40. The second-order valence-electron chi connectivity index (χ2n) is 8.86. The normalized spacial score (nSPS) is 16.7. The molecule has 1 atom stereocenters. The first kappa shape index (κ1) is 24.4. The van der Waals surface area contributed by atoms with E-state index in [-0.39, 0.29) is 17.8 Å². The highest BCUT2D eigenvalue weighted by atomic mass is 35.5. The first-order chi connectivity index (χ1) is 17.9. The number of rotatable bonds is 6. The van der Waals surface area contributed by atoms with Crippen LogP contribution in [0, 0.1) is 22.0 Å². The molecule has 186 valence electrons. The van der Waals surface area contributed by atoms with Gasteiger partial charge in [-0.25, -0.2) is 9.97 Å². The molecule has 0 spiro atoms. The highest BCUT2D eigenvalue weighted by Crippen LogP contribution is 2.33. The van der Waals surface area contributed by atoms with Gasteiger partial charge in [0.25, 0.3) is 5.69 Å². The van der Waals surface area contributed by atoms with Crippen molar-refractivity contribution >= 4 is 39.7 Å². The van der Waals surface area contributed by atoms with Crippen LogP contribution in [-0.4, -0.2) is 32.0 Å². The lowest BCUT2D eigenvalue weighted by molar-refractivity contribution is -0.385. The molecule has 9 nitrogen and oxygen atoms in total. The lowest BCUT2D eigenvalue weighted by Gasteiger charge is -2.15. The molecule has 0 bridgehead atoms. The fraction of sp³-hybridized carbons (Fsp3) is 0.222. The van der Waals surface area contributed by atoms with E-state index in [1.807, 2.05) is 25.1 Å². The molecule has 37 heavy (non-hydrogen) atoms. The third kappa shape index (κ3) is 5.61. The Hall–Kier alpha value is -4.26. The minimum Gasteiger partial charge on any atom is -0.486 e. The Morgan fingerprint density at radius 2 is 2.11 bits per heavy atom. The van der Waals surface area contributed by atoms with E-state index in [4.69, 9.17) is 16.3 Å². The molecule has 1 aliphatic rings. The molecule has 2 aromatic heterocycles. The monoisotopic (exact) mass is 514 g/mol. The van der Waals surface area contributed by atoms with Gasteiger partial charge in [-0.1, -0.05) is 29.5 Å². The quantitative estimate of drug-likeness (QED) is 0.199. The molecular weight excluding hydrogens is 492 g/mol. The molecule has 3 heterocycles.